The Morgan fingerprint density at radius 3 is 2.64 bits per heavy atom. The summed E-state index contributed by atoms with van der Waals surface area (Å²) in [6.07, 6.45) is 1.95. The number of rotatable bonds is 7. The fourth-order valence-corrected chi connectivity index (χ4v) is 3.31. The van der Waals surface area contributed by atoms with Gasteiger partial charge in [-0.25, -0.2) is 4.98 Å². The number of nitrogens with zero attached hydrogens (tertiary/aromatic N) is 2. The maximum absolute atomic E-state index is 12.8. The minimum absolute atomic E-state index is 0.0521. The number of carbonyl (C=O) groups excluding carboxylic acids is 1. The molecule has 0 aliphatic heterocycles. The summed E-state index contributed by atoms with van der Waals surface area (Å²) in [7, 11) is 0. The molecule has 0 aliphatic carbocycles. The summed E-state index contributed by atoms with van der Waals surface area (Å²) in [6.45, 7) is 4.96. The van der Waals surface area contributed by atoms with Crippen LogP contribution in [0.5, 0.6) is 0 Å². The number of hydrogen-bond donors (Lipinski definition) is 1. The highest BCUT2D eigenvalue weighted by Gasteiger charge is 2.15. The third-order valence-corrected chi connectivity index (χ3v) is 4.89. The number of aromatic amines is 1. The molecule has 2 aromatic carbocycles. The molecule has 0 atom stereocenters. The minimum atomic E-state index is -0.222. The smallest absolute Gasteiger partial charge is 0.258 e. The second-order valence-electron chi connectivity index (χ2n) is 6.97. The van der Waals surface area contributed by atoms with Gasteiger partial charge in [0.15, 0.2) is 0 Å². The standard InChI is InChI=1S/C22H24ClN3O2/c1-3-12-26(21(27)11-8-16-6-4-15(2)5-7-16)14-20-24-19-13-17(23)9-10-18(19)22(28)25-20/h4-7,9-10,13H,3,8,11-12,14H2,1-2H3,(H,24,25,28). The number of hydrogen-bond acceptors (Lipinski definition) is 3. The van der Waals surface area contributed by atoms with Crippen LogP contribution < -0.4 is 5.56 Å². The van der Waals surface area contributed by atoms with E-state index in [9.17, 15) is 9.59 Å². The topological polar surface area (TPSA) is 66.1 Å². The van der Waals surface area contributed by atoms with E-state index in [0.29, 0.717) is 41.1 Å². The highest BCUT2D eigenvalue weighted by atomic mass is 35.5. The van der Waals surface area contributed by atoms with Gasteiger partial charge in [0.05, 0.1) is 17.4 Å². The average molecular weight is 398 g/mol. The number of amides is 1. The molecule has 1 amide bonds. The summed E-state index contributed by atoms with van der Waals surface area (Å²) >= 11 is 6.02. The zero-order valence-corrected chi connectivity index (χ0v) is 16.9. The van der Waals surface area contributed by atoms with Crippen molar-refractivity contribution >= 4 is 28.4 Å². The predicted molar refractivity (Wildman–Crippen MR) is 113 cm³/mol. The van der Waals surface area contributed by atoms with Crippen LogP contribution in [-0.2, 0) is 17.8 Å². The summed E-state index contributed by atoms with van der Waals surface area (Å²) in [4.78, 5) is 34.1. The molecule has 1 aromatic heterocycles. The van der Waals surface area contributed by atoms with Crippen LogP contribution in [0.25, 0.3) is 10.9 Å². The van der Waals surface area contributed by atoms with Gasteiger partial charge in [-0.2, -0.15) is 0 Å². The lowest BCUT2D eigenvalue weighted by Gasteiger charge is -2.22. The lowest BCUT2D eigenvalue weighted by Crippen LogP contribution is -2.33. The molecule has 6 heteroatoms. The SMILES string of the molecule is CCCN(Cc1nc2cc(Cl)ccc2c(=O)[nH]1)C(=O)CCc1ccc(C)cc1. The predicted octanol–water partition coefficient (Wildman–Crippen LogP) is 4.26. The molecule has 146 valence electrons. The van der Waals surface area contributed by atoms with Crippen LogP contribution in [0.4, 0.5) is 0 Å². The van der Waals surface area contributed by atoms with Crippen molar-refractivity contribution in [3.8, 4) is 0 Å². The van der Waals surface area contributed by atoms with Crippen molar-refractivity contribution in [2.24, 2.45) is 0 Å². The molecule has 3 aromatic rings. The van der Waals surface area contributed by atoms with Gasteiger partial charge in [-0.05, 0) is 43.5 Å². The summed E-state index contributed by atoms with van der Waals surface area (Å²) < 4.78 is 0. The van der Waals surface area contributed by atoms with E-state index in [-0.39, 0.29) is 18.0 Å². The molecule has 1 N–H and O–H groups in total. The molecule has 0 unspecified atom stereocenters. The molecule has 0 saturated heterocycles. The highest BCUT2D eigenvalue weighted by Crippen LogP contribution is 2.15. The summed E-state index contributed by atoms with van der Waals surface area (Å²) in [5.41, 5.74) is 2.66. The zero-order valence-electron chi connectivity index (χ0n) is 16.2. The Labute approximate surface area is 169 Å². The number of benzene rings is 2. The molecular weight excluding hydrogens is 374 g/mol. The molecule has 0 radical (unpaired) electrons. The molecule has 0 spiro atoms. The number of fused-ring (bicyclic) bond motifs is 1. The summed E-state index contributed by atoms with van der Waals surface area (Å²) in [5, 5.41) is 1.01. The van der Waals surface area contributed by atoms with Crippen molar-refractivity contribution in [1.82, 2.24) is 14.9 Å². The summed E-state index contributed by atoms with van der Waals surface area (Å²) in [6, 6.07) is 13.2. The van der Waals surface area contributed by atoms with Gasteiger partial charge in [0.2, 0.25) is 5.91 Å². The lowest BCUT2D eigenvalue weighted by atomic mass is 10.1. The maximum atomic E-state index is 12.8. The third kappa shape index (κ3) is 4.98. The van der Waals surface area contributed by atoms with E-state index in [1.807, 2.05) is 13.8 Å². The number of carbonyl (C=O) groups is 1. The Morgan fingerprint density at radius 2 is 1.93 bits per heavy atom. The summed E-state index contributed by atoms with van der Waals surface area (Å²) in [5.74, 6) is 0.521. The first-order chi connectivity index (χ1) is 13.5. The van der Waals surface area contributed by atoms with Gasteiger partial charge >= 0.3 is 0 Å². The monoisotopic (exact) mass is 397 g/mol. The molecule has 0 fully saturated rings. The normalized spacial score (nSPS) is 11.0. The molecule has 1 heterocycles. The fraction of sp³-hybridized carbons (Fsp3) is 0.318. The van der Waals surface area contributed by atoms with Gasteiger partial charge in [-0.15, -0.1) is 0 Å². The number of halogens is 1. The highest BCUT2D eigenvalue weighted by molar-refractivity contribution is 6.31. The largest absolute Gasteiger partial charge is 0.335 e. The van der Waals surface area contributed by atoms with Crippen LogP contribution in [0.1, 0.15) is 36.7 Å². The van der Waals surface area contributed by atoms with Crippen LogP contribution in [-0.4, -0.2) is 27.3 Å². The van der Waals surface area contributed by atoms with Crippen molar-refractivity contribution in [2.45, 2.75) is 39.7 Å². The van der Waals surface area contributed by atoms with Gasteiger partial charge in [-0.1, -0.05) is 48.4 Å². The van der Waals surface area contributed by atoms with Gasteiger partial charge in [0, 0.05) is 18.0 Å². The molecule has 5 nitrogen and oxygen atoms in total. The van der Waals surface area contributed by atoms with E-state index < -0.39 is 0 Å². The van der Waals surface area contributed by atoms with Gasteiger partial charge < -0.3 is 9.88 Å². The fourth-order valence-electron chi connectivity index (χ4n) is 3.14. The van der Waals surface area contributed by atoms with E-state index in [1.54, 1.807) is 23.1 Å². The first-order valence-corrected chi connectivity index (χ1v) is 9.86. The quantitative estimate of drug-likeness (QED) is 0.647. The molecule has 0 bridgehead atoms. The van der Waals surface area contributed by atoms with Crippen LogP contribution >= 0.6 is 11.6 Å². The molecule has 0 saturated carbocycles. The first-order valence-electron chi connectivity index (χ1n) is 9.48. The lowest BCUT2D eigenvalue weighted by molar-refractivity contribution is -0.131. The van der Waals surface area contributed by atoms with Crippen LogP contribution in [0, 0.1) is 6.92 Å². The van der Waals surface area contributed by atoms with Crippen molar-refractivity contribution in [3.05, 3.63) is 74.8 Å². The van der Waals surface area contributed by atoms with E-state index in [4.69, 9.17) is 11.6 Å². The molecule has 0 aliphatic rings. The van der Waals surface area contributed by atoms with Crippen molar-refractivity contribution in [2.75, 3.05) is 6.54 Å². The number of aromatic nitrogens is 2. The maximum Gasteiger partial charge on any atom is 0.258 e. The van der Waals surface area contributed by atoms with Crippen molar-refractivity contribution in [1.29, 1.82) is 0 Å². The zero-order chi connectivity index (χ0) is 20.1. The van der Waals surface area contributed by atoms with Gasteiger partial charge in [0.25, 0.3) is 5.56 Å². The van der Waals surface area contributed by atoms with E-state index in [1.165, 1.54) is 5.56 Å². The third-order valence-electron chi connectivity index (χ3n) is 4.65. The van der Waals surface area contributed by atoms with Crippen molar-refractivity contribution in [3.63, 3.8) is 0 Å². The average Bonchev–Trinajstić information content (AvgIpc) is 2.66. The Morgan fingerprint density at radius 1 is 1.18 bits per heavy atom. The Balaban J connectivity index is 1.74. The number of H-pyrrole nitrogens is 1. The number of aryl methyl sites for hydroxylation is 2. The van der Waals surface area contributed by atoms with Crippen LogP contribution in [0.15, 0.2) is 47.3 Å². The van der Waals surface area contributed by atoms with Gasteiger partial charge in [0.1, 0.15) is 5.82 Å². The van der Waals surface area contributed by atoms with Crippen LogP contribution in [0.2, 0.25) is 5.02 Å². The second-order valence-corrected chi connectivity index (χ2v) is 7.41. The van der Waals surface area contributed by atoms with Gasteiger partial charge in [-0.3, -0.25) is 9.59 Å². The van der Waals surface area contributed by atoms with E-state index in [0.717, 1.165) is 12.0 Å². The second kappa shape index (κ2) is 9.02. The molecule has 3 rings (SSSR count). The van der Waals surface area contributed by atoms with Crippen LogP contribution in [0.3, 0.4) is 0 Å². The Bertz CT molecular complexity index is 1030. The Kier molecular flexibility index (Phi) is 6.47. The molecule has 28 heavy (non-hydrogen) atoms. The minimum Gasteiger partial charge on any atom is -0.335 e. The van der Waals surface area contributed by atoms with E-state index >= 15 is 0 Å². The first kappa shape index (κ1) is 20.1. The molecular formula is C22H24ClN3O2. The number of nitrogens with one attached hydrogen (secondary N) is 1. The van der Waals surface area contributed by atoms with E-state index in [2.05, 4.69) is 34.2 Å². The Hall–Kier alpha value is -2.66. The van der Waals surface area contributed by atoms with Crippen molar-refractivity contribution < 1.29 is 4.79 Å².